The summed E-state index contributed by atoms with van der Waals surface area (Å²) in [5, 5.41) is 20.0. The van der Waals surface area contributed by atoms with Crippen LogP contribution in [0.2, 0.25) is 0 Å². The molecular weight excluding hydrogens is 392 g/mol. The van der Waals surface area contributed by atoms with E-state index in [0.717, 1.165) is 5.56 Å². The van der Waals surface area contributed by atoms with Crippen LogP contribution in [0.4, 0.5) is 0 Å². The summed E-state index contributed by atoms with van der Waals surface area (Å²) in [4.78, 5) is 13.3. The first-order chi connectivity index (χ1) is 15.0. The van der Waals surface area contributed by atoms with Crippen molar-refractivity contribution in [3.8, 4) is 47.7 Å². The number of benzene rings is 3. The van der Waals surface area contributed by atoms with E-state index >= 15 is 0 Å². The minimum Gasteiger partial charge on any atom is -0.508 e. The van der Waals surface area contributed by atoms with E-state index in [2.05, 4.69) is 11.8 Å². The topological polar surface area (TPSA) is 76.0 Å². The summed E-state index contributed by atoms with van der Waals surface area (Å²) in [5.41, 5.74) is 2.30. The standard InChI is InChI=1S/C26H16O5/c1-3-5-15-7-10-21-24(18(15)6-4-2)25(29)31-26(21)19-11-8-16(27)13-22(19)30-23-14-17(28)9-12-20(23)26/h1-2,7-14,27-28H,5-6H2. The van der Waals surface area contributed by atoms with Crippen molar-refractivity contribution in [1.82, 2.24) is 0 Å². The number of carbonyl (C=O) groups is 1. The first kappa shape index (κ1) is 18.7. The van der Waals surface area contributed by atoms with E-state index in [1.807, 2.05) is 12.1 Å². The lowest BCUT2D eigenvalue weighted by Gasteiger charge is -2.36. The quantitative estimate of drug-likeness (QED) is 0.495. The summed E-state index contributed by atoms with van der Waals surface area (Å²) in [5.74, 6) is 5.35. The number of hydrogen-bond acceptors (Lipinski definition) is 5. The highest BCUT2D eigenvalue weighted by Crippen LogP contribution is 2.57. The van der Waals surface area contributed by atoms with Gasteiger partial charge in [0.15, 0.2) is 5.60 Å². The molecule has 0 atom stereocenters. The van der Waals surface area contributed by atoms with Gasteiger partial charge in [0.05, 0.1) is 5.56 Å². The Bertz CT molecular complexity index is 1300. The van der Waals surface area contributed by atoms with Crippen LogP contribution in [-0.4, -0.2) is 16.2 Å². The second-order valence-corrected chi connectivity index (χ2v) is 7.42. The first-order valence-electron chi connectivity index (χ1n) is 9.60. The number of ether oxygens (including phenoxy) is 2. The van der Waals surface area contributed by atoms with Crippen molar-refractivity contribution in [1.29, 1.82) is 0 Å². The molecule has 0 aliphatic carbocycles. The number of esters is 1. The van der Waals surface area contributed by atoms with Gasteiger partial charge in [-0.3, -0.25) is 0 Å². The molecule has 0 amide bonds. The van der Waals surface area contributed by atoms with Crippen LogP contribution in [-0.2, 0) is 23.2 Å². The van der Waals surface area contributed by atoms with E-state index in [4.69, 9.17) is 22.3 Å². The van der Waals surface area contributed by atoms with Crippen LogP contribution in [0.5, 0.6) is 23.0 Å². The van der Waals surface area contributed by atoms with Crippen LogP contribution in [0.15, 0.2) is 48.5 Å². The lowest BCUT2D eigenvalue weighted by atomic mass is 9.76. The summed E-state index contributed by atoms with van der Waals surface area (Å²) >= 11 is 0. The highest BCUT2D eigenvalue weighted by molar-refractivity contribution is 5.99. The predicted octanol–water partition coefficient (Wildman–Crippen LogP) is 4.02. The monoisotopic (exact) mass is 408 g/mol. The van der Waals surface area contributed by atoms with Crippen molar-refractivity contribution in [3.05, 3.63) is 81.9 Å². The van der Waals surface area contributed by atoms with E-state index in [0.29, 0.717) is 45.7 Å². The molecule has 5 rings (SSSR count). The van der Waals surface area contributed by atoms with Gasteiger partial charge in [0.1, 0.15) is 23.0 Å². The molecule has 0 saturated carbocycles. The summed E-state index contributed by atoms with van der Waals surface area (Å²) in [7, 11) is 0. The van der Waals surface area contributed by atoms with Crippen LogP contribution in [0, 0.1) is 24.7 Å². The van der Waals surface area contributed by atoms with Gasteiger partial charge >= 0.3 is 5.97 Å². The Hall–Kier alpha value is -4.35. The zero-order valence-corrected chi connectivity index (χ0v) is 16.3. The van der Waals surface area contributed by atoms with Crippen LogP contribution >= 0.6 is 0 Å². The molecule has 2 N–H and O–H groups in total. The summed E-state index contributed by atoms with van der Waals surface area (Å²) in [6.07, 6.45) is 11.7. The number of carbonyl (C=O) groups excluding carboxylic acids is 1. The Morgan fingerprint density at radius 1 is 0.839 bits per heavy atom. The fourth-order valence-electron chi connectivity index (χ4n) is 4.48. The molecule has 0 fully saturated rings. The molecule has 2 heterocycles. The molecule has 0 saturated heterocycles. The van der Waals surface area contributed by atoms with E-state index in [1.54, 1.807) is 12.1 Å². The third kappa shape index (κ3) is 2.51. The van der Waals surface area contributed by atoms with E-state index < -0.39 is 11.6 Å². The largest absolute Gasteiger partial charge is 0.508 e. The Balaban J connectivity index is 1.88. The number of hydrogen-bond donors (Lipinski definition) is 2. The highest BCUT2D eigenvalue weighted by atomic mass is 16.6. The van der Waals surface area contributed by atoms with Gasteiger partial charge in [-0.25, -0.2) is 4.79 Å². The van der Waals surface area contributed by atoms with Crippen LogP contribution < -0.4 is 4.74 Å². The normalized spacial score (nSPS) is 14.5. The average molecular weight is 408 g/mol. The SMILES string of the molecule is C#CCc1ccc2c(c1CC#C)C(=O)OC21c2ccc(O)cc2Oc2cc(O)ccc21. The van der Waals surface area contributed by atoms with Gasteiger partial charge in [-0.05, 0) is 35.4 Å². The third-order valence-corrected chi connectivity index (χ3v) is 5.72. The molecule has 0 radical (unpaired) electrons. The Kier molecular flexibility index (Phi) is 3.96. The van der Waals surface area contributed by atoms with Gasteiger partial charge < -0.3 is 19.7 Å². The molecule has 3 aromatic rings. The Labute approximate surface area is 178 Å². The van der Waals surface area contributed by atoms with Gasteiger partial charge in [-0.1, -0.05) is 12.1 Å². The molecule has 0 bridgehead atoms. The summed E-state index contributed by atoms with van der Waals surface area (Å²) in [6, 6.07) is 12.9. The average Bonchev–Trinajstić information content (AvgIpc) is 3.02. The molecule has 5 heteroatoms. The maximum absolute atomic E-state index is 13.3. The molecule has 31 heavy (non-hydrogen) atoms. The van der Waals surface area contributed by atoms with Gasteiger partial charge in [0.2, 0.25) is 0 Å². The zero-order valence-electron chi connectivity index (χ0n) is 16.3. The number of phenols is 2. The lowest BCUT2D eigenvalue weighted by Crippen LogP contribution is -2.32. The highest BCUT2D eigenvalue weighted by Gasteiger charge is 2.54. The van der Waals surface area contributed by atoms with Crippen LogP contribution in [0.25, 0.3) is 0 Å². The van der Waals surface area contributed by atoms with Crippen molar-refractivity contribution in [2.45, 2.75) is 18.4 Å². The van der Waals surface area contributed by atoms with E-state index in [-0.39, 0.29) is 17.9 Å². The molecule has 0 unspecified atom stereocenters. The van der Waals surface area contributed by atoms with Gasteiger partial charge in [-0.2, -0.15) is 0 Å². The van der Waals surface area contributed by atoms with E-state index in [9.17, 15) is 15.0 Å². The van der Waals surface area contributed by atoms with Crippen molar-refractivity contribution < 1.29 is 24.5 Å². The smallest absolute Gasteiger partial charge is 0.340 e. The predicted molar refractivity (Wildman–Crippen MR) is 113 cm³/mol. The molecule has 2 aliphatic heterocycles. The number of aromatic hydroxyl groups is 2. The minimum atomic E-state index is -1.31. The fourth-order valence-corrected chi connectivity index (χ4v) is 4.48. The Morgan fingerprint density at radius 3 is 2.00 bits per heavy atom. The minimum absolute atomic E-state index is 0.000520. The molecule has 0 aromatic heterocycles. The second kappa shape index (κ2) is 6.58. The molecule has 3 aromatic carbocycles. The molecular formula is C26H16O5. The Morgan fingerprint density at radius 2 is 1.42 bits per heavy atom. The molecule has 2 aliphatic rings. The summed E-state index contributed by atoms with van der Waals surface area (Å²) in [6.45, 7) is 0. The van der Waals surface area contributed by atoms with Crippen LogP contribution in [0.1, 0.15) is 38.2 Å². The van der Waals surface area contributed by atoms with Crippen molar-refractivity contribution in [2.75, 3.05) is 0 Å². The fraction of sp³-hybridized carbons (Fsp3) is 0.115. The number of fused-ring (bicyclic) bond motifs is 6. The summed E-state index contributed by atoms with van der Waals surface area (Å²) < 4.78 is 12.1. The van der Waals surface area contributed by atoms with Crippen molar-refractivity contribution in [3.63, 3.8) is 0 Å². The van der Waals surface area contributed by atoms with Gasteiger partial charge in [-0.15, -0.1) is 24.7 Å². The zero-order chi connectivity index (χ0) is 21.8. The van der Waals surface area contributed by atoms with E-state index in [1.165, 1.54) is 24.3 Å². The van der Waals surface area contributed by atoms with Gasteiger partial charge in [0, 0.05) is 41.7 Å². The molecule has 150 valence electrons. The number of phenolic OH excluding ortho intramolecular Hbond substituents is 2. The first-order valence-corrected chi connectivity index (χ1v) is 9.60. The number of rotatable bonds is 2. The number of terminal acetylenes is 2. The third-order valence-electron chi connectivity index (χ3n) is 5.72. The van der Waals surface area contributed by atoms with Crippen molar-refractivity contribution >= 4 is 5.97 Å². The molecule has 1 spiro atoms. The van der Waals surface area contributed by atoms with Crippen molar-refractivity contribution in [2.24, 2.45) is 0 Å². The maximum atomic E-state index is 13.3. The van der Waals surface area contributed by atoms with Crippen LogP contribution in [0.3, 0.4) is 0 Å². The lowest BCUT2D eigenvalue weighted by molar-refractivity contribution is 0.0224. The van der Waals surface area contributed by atoms with Gasteiger partial charge in [0.25, 0.3) is 0 Å². The maximum Gasteiger partial charge on any atom is 0.340 e. The second-order valence-electron chi connectivity index (χ2n) is 7.42. The molecule has 5 nitrogen and oxygen atoms in total.